The summed E-state index contributed by atoms with van der Waals surface area (Å²) in [6.45, 7) is 4.08. The average Bonchev–Trinajstić information content (AvgIpc) is 3.16. The normalized spacial score (nSPS) is 17.3. The first-order chi connectivity index (χ1) is 11.2. The number of aromatic nitrogens is 4. The maximum Gasteiger partial charge on any atom is 0.277 e. The number of carbonyl (C=O) groups is 1. The maximum absolute atomic E-state index is 12.4. The zero-order valence-electron chi connectivity index (χ0n) is 14.2. The van der Waals surface area contributed by atoms with Crippen molar-refractivity contribution in [2.75, 3.05) is 18.4 Å². The molecule has 8 heteroatoms. The van der Waals surface area contributed by atoms with Gasteiger partial charge in [-0.15, -0.1) is 12.4 Å². The Hall–Kier alpha value is -1.86. The predicted molar refractivity (Wildman–Crippen MR) is 95.8 cm³/mol. The molecule has 0 aromatic carbocycles. The van der Waals surface area contributed by atoms with Crippen LogP contribution in [0.5, 0.6) is 0 Å². The molecule has 2 aromatic rings. The second kappa shape index (κ2) is 8.30. The van der Waals surface area contributed by atoms with E-state index in [4.69, 9.17) is 0 Å². The van der Waals surface area contributed by atoms with Crippen LogP contribution in [0, 0.1) is 0 Å². The van der Waals surface area contributed by atoms with E-state index in [1.54, 1.807) is 10.7 Å². The molecule has 2 N–H and O–H groups in total. The van der Waals surface area contributed by atoms with Crippen molar-refractivity contribution in [2.24, 2.45) is 7.05 Å². The number of nitrogens with zero attached hydrogens (tertiary/aromatic N) is 4. The van der Waals surface area contributed by atoms with Gasteiger partial charge in [0, 0.05) is 25.9 Å². The zero-order valence-corrected chi connectivity index (χ0v) is 15.0. The Bertz CT molecular complexity index is 674. The van der Waals surface area contributed by atoms with Gasteiger partial charge in [0.05, 0.1) is 11.7 Å². The van der Waals surface area contributed by atoms with Crippen LogP contribution in [0.2, 0.25) is 0 Å². The van der Waals surface area contributed by atoms with Gasteiger partial charge in [0.15, 0.2) is 5.69 Å². The van der Waals surface area contributed by atoms with Crippen molar-refractivity contribution in [3.05, 3.63) is 29.7 Å². The van der Waals surface area contributed by atoms with Crippen molar-refractivity contribution in [3.8, 4) is 0 Å². The van der Waals surface area contributed by atoms with Gasteiger partial charge in [-0.05, 0) is 31.9 Å². The van der Waals surface area contributed by atoms with Gasteiger partial charge in [-0.25, -0.2) is 0 Å². The standard InChI is InChI=1S/C16H24N6O.ClH/c1-3-5-12-10-15(21(2)19-12)18-16(23)14-7-9-22(20-14)13-6-4-8-17-11-13;/h7,9-10,13,17H,3-6,8,11H2,1-2H3,(H,18,23);1H. The smallest absolute Gasteiger partial charge is 0.277 e. The Kier molecular flexibility index (Phi) is 6.39. The fraction of sp³-hybridized carbons (Fsp3) is 0.562. The molecule has 1 unspecified atom stereocenters. The SMILES string of the molecule is CCCc1cc(NC(=O)c2ccn(C3CCCNC3)n2)n(C)n1.Cl. The van der Waals surface area contributed by atoms with Crippen molar-refractivity contribution >= 4 is 24.1 Å². The Morgan fingerprint density at radius 3 is 3.00 bits per heavy atom. The van der Waals surface area contributed by atoms with Gasteiger partial charge in [0.2, 0.25) is 0 Å². The second-order valence-corrected chi connectivity index (χ2v) is 6.03. The molecule has 1 saturated heterocycles. The van der Waals surface area contributed by atoms with E-state index in [9.17, 15) is 4.79 Å². The van der Waals surface area contributed by atoms with E-state index in [0.29, 0.717) is 17.6 Å². The highest BCUT2D eigenvalue weighted by molar-refractivity contribution is 6.02. The summed E-state index contributed by atoms with van der Waals surface area (Å²) in [4.78, 5) is 12.4. The Balaban J connectivity index is 0.00000208. The number of hydrogen-bond donors (Lipinski definition) is 2. The molecule has 1 aliphatic heterocycles. The third kappa shape index (κ3) is 4.15. The van der Waals surface area contributed by atoms with Crippen LogP contribution in [0.25, 0.3) is 0 Å². The number of rotatable bonds is 5. The summed E-state index contributed by atoms with van der Waals surface area (Å²) in [6, 6.07) is 4.02. The highest BCUT2D eigenvalue weighted by atomic mass is 35.5. The molecule has 0 bridgehead atoms. The van der Waals surface area contributed by atoms with Crippen molar-refractivity contribution in [3.63, 3.8) is 0 Å². The van der Waals surface area contributed by atoms with Crippen LogP contribution in [-0.4, -0.2) is 38.6 Å². The molecule has 0 aliphatic carbocycles. The summed E-state index contributed by atoms with van der Waals surface area (Å²) in [7, 11) is 1.83. The monoisotopic (exact) mass is 352 g/mol. The highest BCUT2D eigenvalue weighted by Gasteiger charge is 2.18. The minimum Gasteiger partial charge on any atom is -0.315 e. The minimum atomic E-state index is -0.196. The summed E-state index contributed by atoms with van der Waals surface area (Å²) in [5.74, 6) is 0.505. The maximum atomic E-state index is 12.4. The Morgan fingerprint density at radius 2 is 2.29 bits per heavy atom. The van der Waals surface area contributed by atoms with Gasteiger partial charge >= 0.3 is 0 Å². The fourth-order valence-corrected chi connectivity index (χ4v) is 2.92. The molecule has 132 valence electrons. The van der Waals surface area contributed by atoms with Gasteiger partial charge in [0.25, 0.3) is 5.91 Å². The molecule has 1 amide bonds. The Labute approximate surface area is 148 Å². The van der Waals surface area contributed by atoms with Gasteiger partial charge in [-0.2, -0.15) is 10.2 Å². The van der Waals surface area contributed by atoms with Gasteiger partial charge in [-0.3, -0.25) is 14.2 Å². The lowest BCUT2D eigenvalue weighted by molar-refractivity contribution is 0.102. The number of anilines is 1. The van der Waals surface area contributed by atoms with E-state index in [2.05, 4.69) is 27.8 Å². The van der Waals surface area contributed by atoms with Gasteiger partial charge in [-0.1, -0.05) is 13.3 Å². The molecule has 0 radical (unpaired) electrons. The van der Waals surface area contributed by atoms with Crippen LogP contribution in [-0.2, 0) is 13.5 Å². The molecule has 3 heterocycles. The molecule has 7 nitrogen and oxygen atoms in total. The first-order valence-corrected chi connectivity index (χ1v) is 8.27. The average molecular weight is 353 g/mol. The first-order valence-electron chi connectivity index (χ1n) is 8.27. The number of hydrogen-bond acceptors (Lipinski definition) is 4. The quantitative estimate of drug-likeness (QED) is 0.864. The number of halogens is 1. The van der Waals surface area contributed by atoms with E-state index in [1.807, 2.05) is 24.0 Å². The summed E-state index contributed by atoms with van der Waals surface area (Å²) in [5.41, 5.74) is 1.43. The number of aryl methyl sites for hydroxylation is 2. The summed E-state index contributed by atoms with van der Waals surface area (Å²) < 4.78 is 3.60. The van der Waals surface area contributed by atoms with Gasteiger partial charge < -0.3 is 10.6 Å². The lowest BCUT2D eigenvalue weighted by atomic mass is 10.1. The summed E-state index contributed by atoms with van der Waals surface area (Å²) >= 11 is 0. The van der Waals surface area contributed by atoms with E-state index in [1.165, 1.54) is 0 Å². The number of piperidine rings is 1. The van der Waals surface area contributed by atoms with Crippen LogP contribution < -0.4 is 10.6 Å². The van der Waals surface area contributed by atoms with Crippen LogP contribution >= 0.6 is 12.4 Å². The predicted octanol–water partition coefficient (Wildman–Crippen LogP) is 2.17. The number of amides is 1. The van der Waals surface area contributed by atoms with Crippen molar-refractivity contribution in [1.82, 2.24) is 24.9 Å². The highest BCUT2D eigenvalue weighted by Crippen LogP contribution is 2.16. The summed E-state index contributed by atoms with van der Waals surface area (Å²) in [5, 5.41) is 15.1. The van der Waals surface area contributed by atoms with E-state index in [0.717, 1.165) is 44.5 Å². The molecular weight excluding hydrogens is 328 g/mol. The van der Waals surface area contributed by atoms with Crippen LogP contribution in [0.4, 0.5) is 5.82 Å². The van der Waals surface area contributed by atoms with Crippen LogP contribution in [0.1, 0.15) is 48.4 Å². The van der Waals surface area contributed by atoms with Crippen LogP contribution in [0.3, 0.4) is 0 Å². The zero-order chi connectivity index (χ0) is 16.2. The van der Waals surface area contributed by atoms with Crippen molar-refractivity contribution in [2.45, 2.75) is 38.6 Å². The number of carbonyl (C=O) groups excluding carboxylic acids is 1. The molecular formula is C16H25ClN6O. The van der Waals surface area contributed by atoms with E-state index >= 15 is 0 Å². The lowest BCUT2D eigenvalue weighted by Gasteiger charge is -2.22. The molecule has 24 heavy (non-hydrogen) atoms. The molecule has 0 spiro atoms. The number of nitrogens with one attached hydrogen (secondary N) is 2. The molecule has 1 fully saturated rings. The molecule has 1 aliphatic rings. The molecule has 2 aromatic heterocycles. The van der Waals surface area contributed by atoms with Crippen molar-refractivity contribution < 1.29 is 4.79 Å². The second-order valence-electron chi connectivity index (χ2n) is 6.03. The van der Waals surface area contributed by atoms with Crippen molar-refractivity contribution in [1.29, 1.82) is 0 Å². The van der Waals surface area contributed by atoms with E-state index < -0.39 is 0 Å². The summed E-state index contributed by atoms with van der Waals surface area (Å²) in [6.07, 6.45) is 6.06. The topological polar surface area (TPSA) is 76.8 Å². The third-order valence-corrected chi connectivity index (χ3v) is 4.16. The molecule has 3 rings (SSSR count). The fourth-order valence-electron chi connectivity index (χ4n) is 2.92. The third-order valence-electron chi connectivity index (χ3n) is 4.16. The first kappa shape index (κ1) is 18.5. The minimum absolute atomic E-state index is 0. The molecule has 1 atom stereocenters. The molecule has 0 saturated carbocycles. The lowest BCUT2D eigenvalue weighted by Crippen LogP contribution is -2.32. The van der Waals surface area contributed by atoms with Gasteiger partial charge in [0.1, 0.15) is 5.82 Å². The van der Waals surface area contributed by atoms with Crippen LogP contribution in [0.15, 0.2) is 18.3 Å². The van der Waals surface area contributed by atoms with E-state index in [-0.39, 0.29) is 18.3 Å². The Morgan fingerprint density at radius 1 is 1.46 bits per heavy atom. The largest absolute Gasteiger partial charge is 0.315 e.